The molecule has 0 aromatic heterocycles. The summed E-state index contributed by atoms with van der Waals surface area (Å²) in [6.45, 7) is 7.63. The number of carbonyl (C=O) groups is 2. The van der Waals surface area contributed by atoms with E-state index < -0.39 is 12.1 Å². The van der Waals surface area contributed by atoms with Crippen molar-refractivity contribution in [2.45, 2.75) is 56.4 Å². The fourth-order valence-electron chi connectivity index (χ4n) is 6.87. The zero-order valence-corrected chi connectivity index (χ0v) is 28.3. The summed E-state index contributed by atoms with van der Waals surface area (Å²) >= 11 is 1.04. The number of allylic oxidation sites excluding steroid dienone is 2. The van der Waals surface area contributed by atoms with E-state index in [0.717, 1.165) is 52.9 Å². The Bertz CT molecular complexity index is 2040. The van der Waals surface area contributed by atoms with Crippen LogP contribution in [0.15, 0.2) is 137 Å². The smallest absolute Gasteiger partial charge is 0.339 e. The third kappa shape index (κ3) is 5.97. The normalized spacial score (nSPS) is 17.7. The molecule has 1 atom stereocenters. The van der Waals surface area contributed by atoms with Crippen molar-refractivity contribution < 1.29 is 23.6 Å². The van der Waals surface area contributed by atoms with Gasteiger partial charge >= 0.3 is 5.97 Å². The van der Waals surface area contributed by atoms with E-state index in [2.05, 4.69) is 73.9 Å². The van der Waals surface area contributed by atoms with Gasteiger partial charge in [-0.2, -0.15) is 4.58 Å². The molecule has 0 bridgehead atoms. The van der Waals surface area contributed by atoms with Crippen LogP contribution in [0.2, 0.25) is 0 Å². The average molecular weight is 653 g/mol. The summed E-state index contributed by atoms with van der Waals surface area (Å²) in [6, 6.07) is 32.9. The molecule has 0 N–H and O–H groups in total. The maximum atomic E-state index is 13.9. The van der Waals surface area contributed by atoms with Crippen molar-refractivity contribution in [1.82, 2.24) is 0 Å². The second-order valence-corrected chi connectivity index (χ2v) is 13.8. The number of fused-ring (bicyclic) bond motifs is 3. The molecule has 0 radical (unpaired) electrons. The Labute approximate surface area is 286 Å². The number of para-hydroxylation sites is 2. The summed E-state index contributed by atoms with van der Waals surface area (Å²) in [7, 11) is 0. The molecular formula is C42H38NO4S+. The molecule has 1 unspecified atom stereocenters. The van der Waals surface area contributed by atoms with E-state index >= 15 is 0 Å². The van der Waals surface area contributed by atoms with E-state index in [-0.39, 0.29) is 10.5 Å². The lowest BCUT2D eigenvalue weighted by atomic mass is 9.81. The number of benzene rings is 4. The van der Waals surface area contributed by atoms with Crippen molar-refractivity contribution >= 4 is 40.3 Å². The van der Waals surface area contributed by atoms with E-state index in [4.69, 9.17) is 9.47 Å². The first-order valence-corrected chi connectivity index (χ1v) is 17.4. The first-order valence-electron chi connectivity index (χ1n) is 16.6. The summed E-state index contributed by atoms with van der Waals surface area (Å²) in [6.07, 6.45) is 8.26. The van der Waals surface area contributed by atoms with Gasteiger partial charge in [0.1, 0.15) is 24.2 Å². The minimum atomic E-state index is -0.541. The third-order valence-electron chi connectivity index (χ3n) is 9.27. The lowest BCUT2D eigenvalue weighted by Gasteiger charge is -2.31. The van der Waals surface area contributed by atoms with Crippen LogP contribution in [0.5, 0.6) is 5.75 Å². The van der Waals surface area contributed by atoms with Crippen LogP contribution in [0, 0.1) is 0 Å². The summed E-state index contributed by atoms with van der Waals surface area (Å²) < 4.78 is 15.4. The molecule has 0 amide bonds. The van der Waals surface area contributed by atoms with Gasteiger partial charge in [-0.3, -0.25) is 4.79 Å². The molecule has 0 spiro atoms. The van der Waals surface area contributed by atoms with Gasteiger partial charge in [0.2, 0.25) is 10.8 Å². The lowest BCUT2D eigenvalue weighted by molar-refractivity contribution is -0.437. The molecule has 0 fully saturated rings. The Morgan fingerprint density at radius 1 is 0.917 bits per heavy atom. The molecule has 6 heteroatoms. The number of ether oxygens (including phenoxy) is 2. The van der Waals surface area contributed by atoms with Gasteiger partial charge < -0.3 is 9.47 Å². The van der Waals surface area contributed by atoms with E-state index in [0.29, 0.717) is 28.9 Å². The maximum absolute atomic E-state index is 13.9. The number of carbonyl (C=O) groups excluding carboxylic acids is 2. The Kier molecular flexibility index (Phi) is 8.76. The fraction of sp³-hybridized carbons (Fsp3) is 0.214. The molecule has 1 aliphatic carbocycles. The number of thioether (sulfide) groups is 1. The third-order valence-corrected chi connectivity index (χ3v) is 10.3. The molecule has 240 valence electrons. The van der Waals surface area contributed by atoms with Gasteiger partial charge in [-0.1, -0.05) is 85.8 Å². The van der Waals surface area contributed by atoms with Crippen molar-refractivity contribution in [3.05, 3.63) is 154 Å². The summed E-state index contributed by atoms with van der Waals surface area (Å²) in [5.74, 6) is 1.06. The Balaban J connectivity index is 1.25. The van der Waals surface area contributed by atoms with Gasteiger partial charge in [-0.15, -0.1) is 0 Å². The van der Waals surface area contributed by atoms with Gasteiger partial charge in [-0.25, -0.2) is 4.79 Å². The Morgan fingerprint density at radius 3 is 2.48 bits per heavy atom. The minimum absolute atomic E-state index is 0.128. The standard InChI is InChI=1S/C42H38NO4S/c1-4-26-43-34-19-11-10-18-33(34)42(2,3)38(43)25-23-31-36(24-22-30-27-29-16-8-12-20-35(29)46-39(30)31)47-40(44)32-17-9-13-21-37(32)48-41(45)28-14-6-5-7-15-28/h5-21,23,25,27,36H,4,22,24,26H2,1-3H3/q+1/b25-23+. The highest BCUT2D eigenvalue weighted by atomic mass is 32.2. The highest BCUT2D eigenvalue weighted by molar-refractivity contribution is 8.14. The number of hydrogen-bond donors (Lipinski definition) is 0. The van der Waals surface area contributed by atoms with Crippen LogP contribution in [0.4, 0.5) is 5.69 Å². The largest absolute Gasteiger partial charge is 0.456 e. The molecule has 2 heterocycles. The SMILES string of the molecule is CCC[N+]1=C(/C=C/C2=C3Oc4ccccc4C=C3CCC2OC(=O)c2ccccc2SC(=O)c2ccccc2)C(C)(C)c2ccccc21. The number of rotatable bonds is 8. The lowest BCUT2D eigenvalue weighted by Crippen LogP contribution is -2.29. The molecule has 4 aromatic rings. The highest BCUT2D eigenvalue weighted by Crippen LogP contribution is 2.43. The molecule has 3 aliphatic rings. The van der Waals surface area contributed by atoms with Gasteiger partial charge in [0.15, 0.2) is 5.71 Å². The van der Waals surface area contributed by atoms with Crippen LogP contribution in [0.25, 0.3) is 6.08 Å². The summed E-state index contributed by atoms with van der Waals surface area (Å²) in [4.78, 5) is 27.6. The van der Waals surface area contributed by atoms with Gasteiger partial charge in [0.05, 0.1) is 11.0 Å². The Morgan fingerprint density at radius 2 is 1.65 bits per heavy atom. The van der Waals surface area contributed by atoms with Crippen LogP contribution in [-0.2, 0) is 10.2 Å². The van der Waals surface area contributed by atoms with E-state index in [1.54, 1.807) is 30.3 Å². The van der Waals surface area contributed by atoms with Gasteiger partial charge in [-0.05, 0) is 74.4 Å². The monoisotopic (exact) mass is 652 g/mol. The Hall–Kier alpha value is -4.94. The summed E-state index contributed by atoms with van der Waals surface area (Å²) in [5.41, 5.74) is 7.42. The second kappa shape index (κ2) is 13.3. The highest BCUT2D eigenvalue weighted by Gasteiger charge is 2.44. The zero-order valence-electron chi connectivity index (χ0n) is 27.4. The number of esters is 1. The van der Waals surface area contributed by atoms with Crippen LogP contribution in [0.3, 0.4) is 0 Å². The molecule has 2 aliphatic heterocycles. The average Bonchev–Trinajstić information content (AvgIpc) is 3.32. The second-order valence-electron chi connectivity index (χ2n) is 12.8. The summed E-state index contributed by atoms with van der Waals surface area (Å²) in [5, 5.41) is -0.128. The molecule has 0 saturated carbocycles. The van der Waals surface area contributed by atoms with Crippen LogP contribution >= 0.6 is 11.8 Å². The first kappa shape index (κ1) is 31.6. The van der Waals surface area contributed by atoms with Crippen molar-refractivity contribution in [3.8, 4) is 5.75 Å². The predicted octanol–water partition coefficient (Wildman–Crippen LogP) is 9.71. The van der Waals surface area contributed by atoms with Gasteiger partial charge in [0.25, 0.3) is 0 Å². The maximum Gasteiger partial charge on any atom is 0.339 e. The van der Waals surface area contributed by atoms with E-state index in [1.807, 2.05) is 42.5 Å². The van der Waals surface area contributed by atoms with E-state index in [9.17, 15) is 9.59 Å². The number of hydrogen-bond acceptors (Lipinski definition) is 5. The molecule has 5 nitrogen and oxygen atoms in total. The van der Waals surface area contributed by atoms with Crippen molar-refractivity contribution in [1.29, 1.82) is 0 Å². The molecule has 7 rings (SSSR count). The molecular weight excluding hydrogens is 615 g/mol. The van der Waals surface area contributed by atoms with Crippen molar-refractivity contribution in [2.24, 2.45) is 0 Å². The van der Waals surface area contributed by atoms with E-state index in [1.165, 1.54) is 17.0 Å². The molecule has 0 saturated heterocycles. The predicted molar refractivity (Wildman–Crippen MR) is 192 cm³/mol. The van der Waals surface area contributed by atoms with Crippen molar-refractivity contribution in [2.75, 3.05) is 6.54 Å². The van der Waals surface area contributed by atoms with Crippen LogP contribution in [0.1, 0.15) is 71.9 Å². The van der Waals surface area contributed by atoms with Crippen LogP contribution < -0.4 is 4.74 Å². The zero-order chi connectivity index (χ0) is 33.3. The van der Waals surface area contributed by atoms with Crippen LogP contribution in [-0.4, -0.2) is 34.0 Å². The fourth-order valence-corrected chi connectivity index (χ4v) is 7.73. The van der Waals surface area contributed by atoms with Gasteiger partial charge in [0, 0.05) is 45.7 Å². The number of nitrogens with zero attached hydrogens (tertiary/aromatic N) is 1. The molecule has 4 aromatic carbocycles. The topological polar surface area (TPSA) is 55.6 Å². The minimum Gasteiger partial charge on any atom is -0.456 e. The molecule has 48 heavy (non-hydrogen) atoms. The van der Waals surface area contributed by atoms with Crippen molar-refractivity contribution in [3.63, 3.8) is 0 Å². The quantitative estimate of drug-likeness (QED) is 0.108. The first-order chi connectivity index (χ1) is 23.3.